The molecule has 0 aliphatic heterocycles. The van der Waals surface area contributed by atoms with Gasteiger partial charge in [-0.15, -0.1) is 0 Å². The molecule has 1 N–H and O–H groups in total. The average Bonchev–Trinajstić information content (AvgIpc) is 2.67. The van der Waals surface area contributed by atoms with Gasteiger partial charge in [-0.05, 0) is 18.7 Å². The van der Waals surface area contributed by atoms with E-state index in [9.17, 15) is 0 Å². The smallest absolute Gasteiger partial charge is 0.222 e. The third-order valence-corrected chi connectivity index (χ3v) is 4.75. The van der Waals surface area contributed by atoms with E-state index >= 15 is 0 Å². The van der Waals surface area contributed by atoms with Crippen LogP contribution in [0.1, 0.15) is 38.4 Å². The van der Waals surface area contributed by atoms with Crippen LogP contribution >= 0.6 is 0 Å². The Bertz CT molecular complexity index is 654. The van der Waals surface area contributed by atoms with Gasteiger partial charge in [-0.3, -0.25) is 0 Å². The van der Waals surface area contributed by atoms with Gasteiger partial charge in [-0.25, -0.2) is 0 Å². The monoisotopic (exact) mass is 356 g/mol. The molecule has 4 heteroatoms. The lowest BCUT2D eigenvalue weighted by molar-refractivity contribution is -0.703. The summed E-state index contributed by atoms with van der Waals surface area (Å²) < 4.78 is 8.53. The van der Waals surface area contributed by atoms with E-state index in [1.54, 1.807) is 0 Å². The van der Waals surface area contributed by atoms with Crippen molar-refractivity contribution in [1.82, 2.24) is 4.90 Å². The van der Waals surface area contributed by atoms with Crippen molar-refractivity contribution in [2.75, 3.05) is 31.5 Å². The first-order valence-electron chi connectivity index (χ1n) is 9.85. The first-order chi connectivity index (χ1) is 12.7. The lowest BCUT2D eigenvalue weighted by Crippen LogP contribution is -2.37. The number of nitrogens with zero attached hydrogens (tertiary/aromatic N) is 2. The molecule has 0 bridgehead atoms. The molecule has 26 heavy (non-hydrogen) atoms. The quantitative estimate of drug-likeness (QED) is 0.616. The first kappa shape index (κ1) is 20.2. The highest BCUT2D eigenvalue weighted by Crippen LogP contribution is 2.27. The number of pyridine rings is 1. The van der Waals surface area contributed by atoms with Gasteiger partial charge in [-0.2, -0.15) is 4.57 Å². The summed E-state index contributed by atoms with van der Waals surface area (Å²) in [6.07, 6.45) is 3.27. The average molecular weight is 357 g/mol. The maximum atomic E-state index is 6.25. The molecule has 1 aromatic carbocycles. The molecule has 4 nitrogen and oxygen atoms in total. The predicted octanol–water partition coefficient (Wildman–Crippen LogP) is 4.03. The van der Waals surface area contributed by atoms with Crippen LogP contribution in [0.3, 0.4) is 0 Å². The number of aromatic nitrogens is 1. The van der Waals surface area contributed by atoms with Crippen LogP contribution in [-0.2, 0) is 13.2 Å². The number of hydrogen-bond acceptors (Lipinski definition) is 3. The van der Waals surface area contributed by atoms with E-state index in [1.165, 1.54) is 11.3 Å². The van der Waals surface area contributed by atoms with E-state index in [1.807, 2.05) is 6.07 Å². The lowest BCUT2D eigenvalue weighted by atomic mass is 10.2. The molecule has 0 amide bonds. The summed E-state index contributed by atoms with van der Waals surface area (Å²) in [7, 11) is 0. The fraction of sp³-hybridized carbons (Fsp3) is 0.500. The number of ether oxygens (including phenoxy) is 1. The molecule has 0 unspecified atom stereocenters. The number of nitrogens with one attached hydrogen (secondary N) is 1. The topological polar surface area (TPSA) is 28.4 Å². The second-order valence-electron chi connectivity index (χ2n) is 6.57. The van der Waals surface area contributed by atoms with Crippen LogP contribution < -0.4 is 14.6 Å². The lowest BCUT2D eigenvalue weighted by Gasteiger charge is -2.19. The number of likely N-dealkylation sites (N-methyl/N-ethyl adjacent to an activating group) is 1. The van der Waals surface area contributed by atoms with Gasteiger partial charge >= 0.3 is 0 Å². The van der Waals surface area contributed by atoms with E-state index < -0.39 is 0 Å². The summed E-state index contributed by atoms with van der Waals surface area (Å²) in [5, 5.41) is 3.58. The summed E-state index contributed by atoms with van der Waals surface area (Å²) in [5.74, 6) is 0.962. The number of rotatable bonds is 11. The van der Waals surface area contributed by atoms with Gasteiger partial charge in [0.25, 0.3) is 0 Å². The van der Waals surface area contributed by atoms with Crippen molar-refractivity contribution in [2.24, 2.45) is 0 Å². The highest BCUT2D eigenvalue weighted by Gasteiger charge is 2.17. The van der Waals surface area contributed by atoms with Crippen LogP contribution in [0.2, 0.25) is 0 Å². The van der Waals surface area contributed by atoms with Crippen molar-refractivity contribution in [3.05, 3.63) is 53.9 Å². The molecule has 0 atom stereocenters. The van der Waals surface area contributed by atoms with Crippen LogP contribution in [0, 0.1) is 6.92 Å². The molecule has 142 valence electrons. The van der Waals surface area contributed by atoms with Crippen molar-refractivity contribution in [3.8, 4) is 5.75 Å². The number of benzene rings is 1. The maximum absolute atomic E-state index is 6.25. The Morgan fingerprint density at radius 1 is 1.04 bits per heavy atom. The molecule has 2 rings (SSSR count). The zero-order valence-corrected chi connectivity index (χ0v) is 16.8. The van der Waals surface area contributed by atoms with E-state index in [0.717, 1.165) is 50.6 Å². The predicted molar refractivity (Wildman–Crippen MR) is 109 cm³/mol. The largest absolute Gasteiger partial charge is 0.481 e. The minimum absolute atomic E-state index is 0.586. The minimum Gasteiger partial charge on any atom is -0.481 e. The van der Waals surface area contributed by atoms with Crippen molar-refractivity contribution in [3.63, 3.8) is 0 Å². The van der Waals surface area contributed by atoms with Crippen molar-refractivity contribution in [1.29, 1.82) is 0 Å². The molecule has 0 fully saturated rings. The zero-order chi connectivity index (χ0) is 18.8. The van der Waals surface area contributed by atoms with Crippen molar-refractivity contribution in [2.45, 2.75) is 47.3 Å². The van der Waals surface area contributed by atoms with Gasteiger partial charge in [0.05, 0.1) is 5.69 Å². The minimum atomic E-state index is 0.586. The fourth-order valence-electron chi connectivity index (χ4n) is 3.10. The molecule has 0 saturated carbocycles. The van der Waals surface area contributed by atoms with E-state index in [2.05, 4.69) is 79.0 Å². The first-order valence-corrected chi connectivity index (χ1v) is 9.85. The van der Waals surface area contributed by atoms with Gasteiger partial charge < -0.3 is 15.0 Å². The number of anilines is 1. The summed E-state index contributed by atoms with van der Waals surface area (Å²) in [6.45, 7) is 14.5. The van der Waals surface area contributed by atoms with E-state index in [0.29, 0.717) is 6.61 Å². The molecule has 0 radical (unpaired) electrons. The van der Waals surface area contributed by atoms with Crippen molar-refractivity contribution >= 4 is 5.69 Å². The molecular formula is C22H34N3O+. The van der Waals surface area contributed by atoms with Crippen LogP contribution in [0.15, 0.2) is 42.6 Å². The number of hydrogen-bond donors (Lipinski definition) is 1. The Hall–Kier alpha value is -2.07. The van der Waals surface area contributed by atoms with E-state index in [-0.39, 0.29) is 0 Å². The SMILES string of the molecule is CCC[n+]1ccc(NCCN(CC)CC)c(OCc2ccccc2)c1C. The van der Waals surface area contributed by atoms with Gasteiger partial charge in [0, 0.05) is 32.5 Å². The Morgan fingerprint density at radius 2 is 1.77 bits per heavy atom. The van der Waals surface area contributed by atoms with E-state index in [4.69, 9.17) is 4.74 Å². The molecular weight excluding hydrogens is 322 g/mol. The summed E-state index contributed by atoms with van der Waals surface area (Å²) in [6, 6.07) is 12.5. The second-order valence-corrected chi connectivity index (χ2v) is 6.57. The van der Waals surface area contributed by atoms with Gasteiger partial charge in [-0.1, -0.05) is 51.1 Å². The van der Waals surface area contributed by atoms with Gasteiger partial charge in [0.2, 0.25) is 11.4 Å². The van der Waals surface area contributed by atoms with Gasteiger partial charge in [0.15, 0.2) is 6.20 Å². The molecule has 1 heterocycles. The fourth-order valence-corrected chi connectivity index (χ4v) is 3.10. The molecule has 0 aliphatic rings. The Morgan fingerprint density at radius 3 is 2.42 bits per heavy atom. The molecule has 0 saturated heterocycles. The van der Waals surface area contributed by atoms with Crippen LogP contribution in [0.25, 0.3) is 0 Å². The van der Waals surface area contributed by atoms with Crippen molar-refractivity contribution < 1.29 is 9.30 Å². The van der Waals surface area contributed by atoms with Crippen LogP contribution in [-0.4, -0.2) is 31.1 Å². The maximum Gasteiger partial charge on any atom is 0.222 e. The third kappa shape index (κ3) is 5.73. The highest BCUT2D eigenvalue weighted by atomic mass is 16.5. The van der Waals surface area contributed by atoms with Crippen LogP contribution in [0.5, 0.6) is 5.75 Å². The third-order valence-electron chi connectivity index (χ3n) is 4.75. The van der Waals surface area contributed by atoms with Crippen LogP contribution in [0.4, 0.5) is 5.69 Å². The molecule has 0 aliphatic carbocycles. The molecule has 1 aromatic heterocycles. The summed E-state index contributed by atoms with van der Waals surface area (Å²) in [5.41, 5.74) is 3.44. The summed E-state index contributed by atoms with van der Waals surface area (Å²) in [4.78, 5) is 2.42. The summed E-state index contributed by atoms with van der Waals surface area (Å²) >= 11 is 0. The normalized spacial score (nSPS) is 11.0. The highest BCUT2D eigenvalue weighted by molar-refractivity contribution is 5.56. The van der Waals surface area contributed by atoms with Gasteiger partial charge in [0.1, 0.15) is 13.2 Å². The standard InChI is InChI=1S/C22H33N3O/c1-5-15-25-16-13-21(23-14-17-24(6-2)7-3)22(19(25)4)26-18-20-11-9-8-10-12-20/h8-13,16H,5-7,14-15,17-18H2,1-4H3/p+1. The Balaban J connectivity index is 2.13. The second kappa shape index (κ2) is 10.8. The zero-order valence-electron chi connectivity index (χ0n) is 16.8. The number of aryl methyl sites for hydroxylation is 1. The Kier molecular flexibility index (Phi) is 8.42. The molecule has 0 spiro atoms. The molecule has 2 aromatic rings. The Labute approximate surface area is 158 Å².